The van der Waals surface area contributed by atoms with Crippen molar-refractivity contribution in [1.82, 2.24) is 10.4 Å². The van der Waals surface area contributed by atoms with Gasteiger partial charge in [0.1, 0.15) is 0 Å². The molecule has 1 amide bonds. The molecular weight excluding hydrogens is 288 g/mol. The molecule has 0 bridgehead atoms. The average molecular weight is 303 g/mol. The van der Waals surface area contributed by atoms with E-state index < -0.39 is 0 Å². The quantitative estimate of drug-likeness (QED) is 0.636. The van der Waals surface area contributed by atoms with E-state index in [1.54, 1.807) is 12.4 Å². The number of nitrogens with zero attached hydrogens (tertiary/aromatic N) is 2. The van der Waals surface area contributed by atoms with Crippen molar-refractivity contribution in [2.75, 3.05) is 0 Å². The number of hydrogen-bond donors (Lipinski definition) is 2. The lowest BCUT2D eigenvalue weighted by Gasteiger charge is -2.19. The van der Waals surface area contributed by atoms with E-state index in [1.807, 2.05) is 47.8 Å². The third-order valence-electron chi connectivity index (χ3n) is 3.26. The number of carbonyl (C=O) groups excluding carboxylic acids is 1. The number of amides is 1. The molecule has 2 aromatic rings. The standard InChI is InChI=1S/C15H14N4O.ClH/c20-15-13(10-11-4-2-1-3-5-11)17-14(18-19-15)12-6-8-16-9-7-12;/h1-9,13H,10H2,(H,17,18)(H,19,20);1H. The zero-order valence-corrected chi connectivity index (χ0v) is 12.0. The topological polar surface area (TPSA) is 71.0 Å². The molecule has 0 fully saturated rings. The lowest BCUT2D eigenvalue weighted by atomic mass is 10.0. The molecule has 0 radical (unpaired) electrons. The molecule has 5 nitrogen and oxygen atoms in total. The molecule has 3 rings (SSSR count). The Bertz CT molecular complexity index is 631. The van der Waals surface area contributed by atoms with Gasteiger partial charge in [0, 0.05) is 18.8 Å². The van der Waals surface area contributed by atoms with E-state index in [0.717, 1.165) is 17.0 Å². The highest BCUT2D eigenvalue weighted by molar-refractivity contribution is 5.95. The normalized spacial score (nSPS) is 17.4. The van der Waals surface area contributed by atoms with Crippen molar-refractivity contribution in [3.8, 4) is 0 Å². The third-order valence-corrected chi connectivity index (χ3v) is 3.26. The van der Waals surface area contributed by atoms with Crippen LogP contribution in [0.25, 0.3) is 0 Å². The summed E-state index contributed by atoms with van der Waals surface area (Å²) in [5.41, 5.74) is 4.69. The second kappa shape index (κ2) is 6.97. The highest BCUT2D eigenvalue weighted by Crippen LogP contribution is 2.03. The summed E-state index contributed by atoms with van der Waals surface area (Å²) >= 11 is 0. The van der Waals surface area contributed by atoms with Gasteiger partial charge in [-0.3, -0.25) is 15.1 Å². The van der Waals surface area contributed by atoms with Gasteiger partial charge in [-0.05, 0) is 17.7 Å². The minimum absolute atomic E-state index is 0. The molecule has 0 saturated heterocycles. The maximum Gasteiger partial charge on any atom is 0.299 e. The second-order valence-corrected chi connectivity index (χ2v) is 4.67. The number of amidine groups is 1. The molecule has 2 heterocycles. The number of carbonyl (C=O) groups is 1. The Morgan fingerprint density at radius 3 is 2.52 bits per heavy atom. The molecule has 1 atom stereocenters. The van der Waals surface area contributed by atoms with Crippen LogP contribution in [-0.2, 0) is 11.2 Å². The van der Waals surface area contributed by atoms with E-state index in [0.29, 0.717) is 6.42 Å². The van der Waals surface area contributed by atoms with Gasteiger partial charge in [-0.25, -0.2) is 5.43 Å². The SMILES string of the molecule is O=C1NN=C(c2ccncc2)[NH2+]C1Cc1ccccc1.[Cl-]. The summed E-state index contributed by atoms with van der Waals surface area (Å²) in [6, 6.07) is 13.6. The minimum atomic E-state index is -0.196. The predicted molar refractivity (Wildman–Crippen MR) is 74.8 cm³/mol. The van der Waals surface area contributed by atoms with E-state index in [-0.39, 0.29) is 24.4 Å². The summed E-state index contributed by atoms with van der Waals surface area (Å²) in [5.74, 6) is 0.722. The number of pyridine rings is 1. The molecule has 1 aromatic carbocycles. The summed E-state index contributed by atoms with van der Waals surface area (Å²) in [6.45, 7) is 0. The number of aromatic nitrogens is 1. The summed E-state index contributed by atoms with van der Waals surface area (Å²) in [4.78, 5) is 15.9. The monoisotopic (exact) mass is 302 g/mol. The van der Waals surface area contributed by atoms with Gasteiger partial charge in [-0.15, -0.1) is 5.10 Å². The Morgan fingerprint density at radius 1 is 1.10 bits per heavy atom. The highest BCUT2D eigenvalue weighted by atomic mass is 35.5. The Labute approximate surface area is 128 Å². The fourth-order valence-corrected chi connectivity index (χ4v) is 2.20. The second-order valence-electron chi connectivity index (χ2n) is 4.67. The van der Waals surface area contributed by atoms with Gasteiger partial charge in [-0.1, -0.05) is 30.3 Å². The van der Waals surface area contributed by atoms with E-state index >= 15 is 0 Å². The van der Waals surface area contributed by atoms with Crippen molar-refractivity contribution >= 4 is 11.7 Å². The number of hydrazone groups is 1. The molecule has 0 aliphatic carbocycles. The molecule has 1 aliphatic rings. The van der Waals surface area contributed by atoms with Crippen LogP contribution in [0.15, 0.2) is 60.0 Å². The number of benzene rings is 1. The van der Waals surface area contributed by atoms with Crippen molar-refractivity contribution < 1.29 is 22.5 Å². The largest absolute Gasteiger partial charge is 1.00 e. The molecule has 1 aliphatic heterocycles. The Hall–Kier alpha value is -2.24. The molecule has 6 heteroatoms. The van der Waals surface area contributed by atoms with E-state index in [4.69, 9.17) is 0 Å². The average Bonchev–Trinajstić information content (AvgIpc) is 2.51. The van der Waals surface area contributed by atoms with Crippen LogP contribution in [0.1, 0.15) is 11.1 Å². The van der Waals surface area contributed by atoms with Crippen LogP contribution >= 0.6 is 0 Å². The number of halogens is 1. The van der Waals surface area contributed by atoms with Crippen LogP contribution < -0.4 is 23.1 Å². The first kappa shape index (κ1) is 15.2. The molecule has 1 aromatic heterocycles. The number of nitrogens with two attached hydrogens (primary N) is 1. The molecule has 3 N–H and O–H groups in total. The fraction of sp³-hybridized carbons (Fsp3) is 0.133. The highest BCUT2D eigenvalue weighted by Gasteiger charge is 2.29. The molecular formula is C15H15ClN4O. The maximum atomic E-state index is 11.9. The zero-order valence-electron chi connectivity index (χ0n) is 11.2. The third kappa shape index (κ3) is 3.65. The van der Waals surface area contributed by atoms with Gasteiger partial charge in [0.05, 0.1) is 5.56 Å². The van der Waals surface area contributed by atoms with Crippen LogP contribution in [0.2, 0.25) is 0 Å². The lowest BCUT2D eigenvalue weighted by Crippen LogP contribution is -3.00. The zero-order chi connectivity index (χ0) is 13.8. The lowest BCUT2D eigenvalue weighted by molar-refractivity contribution is -0.568. The Morgan fingerprint density at radius 2 is 1.81 bits per heavy atom. The van der Waals surface area contributed by atoms with Crippen molar-refractivity contribution in [3.05, 3.63) is 66.0 Å². The summed E-state index contributed by atoms with van der Waals surface area (Å²) < 4.78 is 0. The minimum Gasteiger partial charge on any atom is -1.00 e. The van der Waals surface area contributed by atoms with Gasteiger partial charge >= 0.3 is 0 Å². The van der Waals surface area contributed by atoms with E-state index in [1.165, 1.54) is 0 Å². The van der Waals surface area contributed by atoms with Gasteiger partial charge in [-0.2, -0.15) is 0 Å². The Kier molecular flexibility index (Phi) is 5.03. The molecule has 108 valence electrons. The van der Waals surface area contributed by atoms with E-state index in [2.05, 4.69) is 15.5 Å². The number of quaternary nitrogens is 1. The summed E-state index contributed by atoms with van der Waals surface area (Å²) in [7, 11) is 0. The van der Waals surface area contributed by atoms with Crippen molar-refractivity contribution in [3.63, 3.8) is 0 Å². The van der Waals surface area contributed by atoms with Gasteiger partial charge in [0.2, 0.25) is 5.84 Å². The maximum absolute atomic E-state index is 11.9. The molecule has 0 spiro atoms. The number of rotatable bonds is 3. The van der Waals surface area contributed by atoms with Gasteiger partial charge in [0.25, 0.3) is 5.91 Å². The molecule has 1 unspecified atom stereocenters. The smallest absolute Gasteiger partial charge is 0.299 e. The van der Waals surface area contributed by atoms with Crippen LogP contribution in [-0.4, -0.2) is 22.8 Å². The van der Waals surface area contributed by atoms with Crippen LogP contribution in [0, 0.1) is 0 Å². The van der Waals surface area contributed by atoms with Crippen molar-refractivity contribution in [2.45, 2.75) is 12.5 Å². The summed E-state index contributed by atoms with van der Waals surface area (Å²) in [5, 5.41) is 6.02. The molecule has 21 heavy (non-hydrogen) atoms. The molecule has 0 saturated carbocycles. The van der Waals surface area contributed by atoms with Crippen LogP contribution in [0.4, 0.5) is 0 Å². The first-order chi connectivity index (χ1) is 9.83. The fourth-order valence-electron chi connectivity index (χ4n) is 2.20. The first-order valence-corrected chi connectivity index (χ1v) is 6.49. The number of hydrogen-bond acceptors (Lipinski definition) is 3. The predicted octanol–water partition coefficient (Wildman–Crippen LogP) is -2.95. The van der Waals surface area contributed by atoms with E-state index in [9.17, 15) is 4.79 Å². The van der Waals surface area contributed by atoms with Gasteiger partial charge in [0.15, 0.2) is 6.04 Å². The number of nitrogens with one attached hydrogen (secondary N) is 1. The van der Waals surface area contributed by atoms with Crippen LogP contribution in [0.5, 0.6) is 0 Å². The van der Waals surface area contributed by atoms with Crippen molar-refractivity contribution in [1.29, 1.82) is 0 Å². The van der Waals surface area contributed by atoms with Crippen LogP contribution in [0.3, 0.4) is 0 Å². The van der Waals surface area contributed by atoms with Crippen molar-refractivity contribution in [2.24, 2.45) is 5.10 Å². The Balaban J connectivity index is 0.00000161. The first-order valence-electron chi connectivity index (χ1n) is 6.49. The summed E-state index contributed by atoms with van der Waals surface area (Å²) in [6.07, 6.45) is 4.11. The van der Waals surface area contributed by atoms with Gasteiger partial charge < -0.3 is 12.4 Å².